The summed E-state index contributed by atoms with van der Waals surface area (Å²) >= 11 is 11.0. The largest absolute Gasteiger partial charge is 0.332 e. The zero-order valence-corrected chi connectivity index (χ0v) is 18.6. The molecule has 0 radical (unpaired) electrons. The zero-order chi connectivity index (χ0) is 24.8. The van der Waals surface area contributed by atoms with Crippen LogP contribution in [0.3, 0.4) is 0 Å². The van der Waals surface area contributed by atoms with E-state index in [1.54, 1.807) is 42.5 Å². The Labute approximate surface area is 202 Å². The van der Waals surface area contributed by atoms with E-state index in [2.05, 4.69) is 16.0 Å². The van der Waals surface area contributed by atoms with E-state index in [9.17, 15) is 29.8 Å². The smallest absolute Gasteiger partial charge is 0.277 e. The fourth-order valence-electron chi connectivity index (χ4n) is 2.74. The summed E-state index contributed by atoms with van der Waals surface area (Å²) in [6.45, 7) is 0. The van der Waals surface area contributed by atoms with Gasteiger partial charge >= 0.3 is 0 Å². The van der Waals surface area contributed by atoms with Crippen molar-refractivity contribution in [1.29, 1.82) is 0 Å². The summed E-state index contributed by atoms with van der Waals surface area (Å²) in [6.07, 6.45) is 0. The molecule has 3 aromatic rings. The number of non-ortho nitro benzene ring substituents is 2. The van der Waals surface area contributed by atoms with Gasteiger partial charge in [-0.05, 0) is 54.7 Å². The summed E-state index contributed by atoms with van der Waals surface area (Å²) < 4.78 is 0. The first-order valence-electron chi connectivity index (χ1n) is 9.35. The van der Waals surface area contributed by atoms with Crippen molar-refractivity contribution in [3.05, 3.63) is 103 Å². The second-order valence-corrected chi connectivity index (χ2v) is 7.55. The fourth-order valence-corrected chi connectivity index (χ4v) is 3.15. The van der Waals surface area contributed by atoms with Gasteiger partial charge in [-0.25, -0.2) is 0 Å². The van der Waals surface area contributed by atoms with Gasteiger partial charge in [-0.15, -0.1) is 0 Å². The number of anilines is 2. The highest BCUT2D eigenvalue weighted by Gasteiger charge is 2.20. The number of halogens is 1. The molecule has 3 rings (SSSR count). The number of nitrogens with zero attached hydrogens (tertiary/aromatic N) is 2. The van der Waals surface area contributed by atoms with Crippen molar-refractivity contribution >= 4 is 63.5 Å². The molecule has 13 heteroatoms. The van der Waals surface area contributed by atoms with Gasteiger partial charge in [0.25, 0.3) is 23.2 Å². The van der Waals surface area contributed by atoms with Crippen molar-refractivity contribution in [3.63, 3.8) is 0 Å². The van der Waals surface area contributed by atoms with Gasteiger partial charge in [-0.3, -0.25) is 35.1 Å². The van der Waals surface area contributed by atoms with Crippen molar-refractivity contribution < 1.29 is 19.4 Å². The van der Waals surface area contributed by atoms with Crippen LogP contribution in [0.15, 0.2) is 66.7 Å². The molecule has 11 nitrogen and oxygen atoms in total. The maximum atomic E-state index is 12.4. The maximum absolute atomic E-state index is 12.4. The lowest BCUT2D eigenvalue weighted by atomic mass is 10.1. The van der Waals surface area contributed by atoms with E-state index in [0.717, 1.165) is 18.2 Å². The molecule has 0 saturated heterocycles. The van der Waals surface area contributed by atoms with Crippen molar-refractivity contribution in [2.75, 3.05) is 10.6 Å². The van der Waals surface area contributed by atoms with Gasteiger partial charge in [-0.2, -0.15) is 0 Å². The second-order valence-electron chi connectivity index (χ2n) is 6.70. The lowest BCUT2D eigenvalue weighted by Crippen LogP contribution is -2.34. The minimum absolute atomic E-state index is 0.144. The van der Waals surface area contributed by atoms with Gasteiger partial charge in [-0.1, -0.05) is 17.7 Å². The van der Waals surface area contributed by atoms with Gasteiger partial charge in [0.1, 0.15) is 0 Å². The minimum Gasteiger partial charge on any atom is -0.332 e. The molecule has 0 atom stereocenters. The zero-order valence-electron chi connectivity index (χ0n) is 17.0. The van der Waals surface area contributed by atoms with Crippen molar-refractivity contribution in [3.8, 4) is 0 Å². The van der Waals surface area contributed by atoms with Crippen LogP contribution in [0.2, 0.25) is 5.02 Å². The van der Waals surface area contributed by atoms with E-state index < -0.39 is 27.1 Å². The van der Waals surface area contributed by atoms with Crippen LogP contribution in [0.25, 0.3) is 0 Å². The molecule has 0 aliphatic rings. The van der Waals surface area contributed by atoms with Gasteiger partial charge in [0.15, 0.2) is 5.11 Å². The normalized spacial score (nSPS) is 10.1. The third kappa shape index (κ3) is 6.31. The predicted molar refractivity (Wildman–Crippen MR) is 129 cm³/mol. The van der Waals surface area contributed by atoms with Crippen molar-refractivity contribution in [1.82, 2.24) is 5.32 Å². The monoisotopic (exact) mass is 499 g/mol. The number of nitro benzene ring substituents is 2. The second kappa shape index (κ2) is 10.5. The summed E-state index contributed by atoms with van der Waals surface area (Å²) in [5.74, 6) is -1.22. The molecule has 0 spiro atoms. The summed E-state index contributed by atoms with van der Waals surface area (Å²) in [7, 11) is 0. The molecule has 3 aromatic carbocycles. The summed E-state index contributed by atoms with van der Waals surface area (Å²) in [5.41, 5.74) is -0.156. The van der Waals surface area contributed by atoms with Crippen LogP contribution in [-0.2, 0) is 0 Å². The lowest BCUT2D eigenvalue weighted by molar-refractivity contribution is -0.394. The Bertz CT molecular complexity index is 1280. The molecule has 0 heterocycles. The highest BCUT2D eigenvalue weighted by molar-refractivity contribution is 7.80. The average molecular weight is 500 g/mol. The third-order valence-electron chi connectivity index (χ3n) is 4.30. The Balaban J connectivity index is 1.63. The van der Waals surface area contributed by atoms with Crippen LogP contribution in [0.1, 0.15) is 20.7 Å². The van der Waals surface area contributed by atoms with Crippen LogP contribution in [0.4, 0.5) is 22.7 Å². The molecular weight excluding hydrogens is 486 g/mol. The number of amides is 2. The quantitative estimate of drug-likeness (QED) is 0.253. The lowest BCUT2D eigenvalue weighted by Gasteiger charge is -2.11. The van der Waals surface area contributed by atoms with Crippen LogP contribution in [0.5, 0.6) is 0 Å². The molecule has 0 aliphatic heterocycles. The Morgan fingerprint density at radius 3 is 1.85 bits per heavy atom. The molecular formula is C21H14ClN5O6S. The molecule has 2 amide bonds. The third-order valence-corrected chi connectivity index (χ3v) is 4.74. The fraction of sp³-hybridized carbons (Fsp3) is 0. The summed E-state index contributed by atoms with van der Waals surface area (Å²) in [4.78, 5) is 45.0. The molecule has 0 unspecified atom stereocenters. The molecule has 0 bridgehead atoms. The van der Waals surface area contributed by atoms with Gasteiger partial charge in [0.2, 0.25) is 0 Å². The van der Waals surface area contributed by atoms with E-state index in [-0.39, 0.29) is 16.6 Å². The van der Waals surface area contributed by atoms with Crippen molar-refractivity contribution in [2.24, 2.45) is 0 Å². The number of hydrogen-bond donors (Lipinski definition) is 3. The predicted octanol–water partition coefficient (Wildman–Crippen LogP) is 4.54. The molecule has 0 fully saturated rings. The van der Waals surface area contributed by atoms with Crippen molar-refractivity contribution in [2.45, 2.75) is 0 Å². The SMILES string of the molecule is O=C(NC(=S)Nc1ccc(NC(=O)c2cccc(Cl)c2)cc1)c1cc([N+](=O)[O-])cc([N+](=O)[O-])c1. The first kappa shape index (κ1) is 24.2. The van der Waals surface area contributed by atoms with E-state index in [4.69, 9.17) is 23.8 Å². The van der Waals surface area contributed by atoms with Crippen LogP contribution in [0, 0.1) is 20.2 Å². The molecule has 0 saturated carbocycles. The first-order chi connectivity index (χ1) is 16.1. The highest BCUT2D eigenvalue weighted by Crippen LogP contribution is 2.23. The van der Waals surface area contributed by atoms with E-state index in [1.165, 1.54) is 6.07 Å². The molecule has 0 aliphatic carbocycles. The Morgan fingerprint density at radius 1 is 0.765 bits per heavy atom. The number of rotatable bonds is 6. The number of thiocarbonyl (C=S) groups is 1. The number of carbonyl (C=O) groups is 2. The molecule has 3 N–H and O–H groups in total. The van der Waals surface area contributed by atoms with Crippen LogP contribution in [-0.4, -0.2) is 26.8 Å². The highest BCUT2D eigenvalue weighted by atomic mass is 35.5. The van der Waals surface area contributed by atoms with E-state index >= 15 is 0 Å². The van der Waals surface area contributed by atoms with Gasteiger partial charge in [0, 0.05) is 34.1 Å². The van der Waals surface area contributed by atoms with Gasteiger partial charge in [0.05, 0.1) is 21.5 Å². The van der Waals surface area contributed by atoms with Crippen LogP contribution < -0.4 is 16.0 Å². The summed E-state index contributed by atoms with van der Waals surface area (Å²) in [6, 6.07) is 15.4. The number of benzene rings is 3. The maximum Gasteiger partial charge on any atom is 0.277 e. The number of hydrogen-bond acceptors (Lipinski definition) is 7. The molecule has 172 valence electrons. The van der Waals surface area contributed by atoms with E-state index in [0.29, 0.717) is 22.0 Å². The standard InChI is InChI=1S/C21H14ClN5O6S/c22-14-3-1-2-12(8-14)19(28)23-15-4-6-16(7-5-15)24-21(34)25-20(29)13-9-17(26(30)31)11-18(10-13)27(32)33/h1-11H,(H,23,28)(H2,24,25,29,34). The Hall–Kier alpha value is -4.42. The first-order valence-corrected chi connectivity index (χ1v) is 10.1. The number of carbonyl (C=O) groups excluding carboxylic acids is 2. The number of nitrogens with one attached hydrogen (secondary N) is 3. The molecule has 0 aromatic heterocycles. The Kier molecular flexibility index (Phi) is 7.46. The topological polar surface area (TPSA) is 157 Å². The number of nitro groups is 2. The van der Waals surface area contributed by atoms with E-state index in [1.807, 2.05) is 0 Å². The van der Waals surface area contributed by atoms with Gasteiger partial charge < -0.3 is 10.6 Å². The summed E-state index contributed by atoms with van der Waals surface area (Å²) in [5, 5.41) is 30.0. The van der Waals surface area contributed by atoms with Crippen LogP contribution >= 0.6 is 23.8 Å². The Morgan fingerprint density at radius 2 is 1.32 bits per heavy atom. The average Bonchev–Trinajstić information content (AvgIpc) is 2.79. The molecule has 34 heavy (non-hydrogen) atoms. The minimum atomic E-state index is -0.866.